The molecule has 0 bridgehead atoms. The molecule has 3 aliphatic carbocycles. The third-order valence-corrected chi connectivity index (χ3v) is 10.7. The zero-order valence-electron chi connectivity index (χ0n) is 24.2. The summed E-state index contributed by atoms with van der Waals surface area (Å²) < 4.78 is 0. The van der Waals surface area contributed by atoms with Gasteiger partial charge in [-0.05, 0) is 115 Å². The average Bonchev–Trinajstić information content (AvgIpc) is 3.00. The van der Waals surface area contributed by atoms with E-state index in [1.165, 1.54) is 61.6 Å². The molecule has 0 aromatic heterocycles. The lowest BCUT2D eigenvalue weighted by molar-refractivity contribution is 0.292. The predicted octanol–water partition coefficient (Wildman–Crippen LogP) is 9.85. The first-order chi connectivity index (χ1) is 19.5. The Balaban J connectivity index is 1.55. The van der Waals surface area contributed by atoms with Crippen molar-refractivity contribution < 1.29 is 15.3 Å². The number of aromatic hydroxyl groups is 3. The molecular weight excluding hydrogens is 492 g/mol. The quantitative estimate of drug-likeness (QED) is 0.303. The summed E-state index contributed by atoms with van der Waals surface area (Å²) in [6.45, 7) is 1.99. The van der Waals surface area contributed by atoms with Crippen LogP contribution in [0.25, 0.3) is 0 Å². The standard InChI is InChI=1S/C37H46O3/c1-25-22-28(15-18-34(25)38)33-14-8-9-21-37(33,29-16-19-35(39)31(23-29)26-10-4-2-5-11-26)30-17-20-36(40)32(24-30)27-12-6-3-7-13-27/h15-20,22-24,26-27,33,38-40H,2-14,21H2,1H3. The zero-order chi connectivity index (χ0) is 27.7. The minimum atomic E-state index is -0.268. The summed E-state index contributed by atoms with van der Waals surface area (Å²) in [5, 5.41) is 32.5. The smallest absolute Gasteiger partial charge is 0.119 e. The molecule has 0 spiro atoms. The second-order valence-electron chi connectivity index (χ2n) is 13.0. The van der Waals surface area contributed by atoms with Gasteiger partial charge in [0.25, 0.3) is 0 Å². The van der Waals surface area contributed by atoms with Crippen LogP contribution < -0.4 is 0 Å². The van der Waals surface area contributed by atoms with E-state index in [2.05, 4.69) is 36.4 Å². The van der Waals surface area contributed by atoms with Gasteiger partial charge in [-0.3, -0.25) is 0 Å². The molecule has 1 atom stereocenters. The van der Waals surface area contributed by atoms with E-state index in [0.717, 1.165) is 61.6 Å². The summed E-state index contributed by atoms with van der Waals surface area (Å²) in [4.78, 5) is 0. The second-order valence-corrected chi connectivity index (χ2v) is 13.0. The van der Waals surface area contributed by atoms with Gasteiger partial charge >= 0.3 is 0 Å². The number of rotatable bonds is 5. The third kappa shape index (κ3) is 5.01. The highest BCUT2D eigenvalue weighted by atomic mass is 16.3. The summed E-state index contributed by atoms with van der Waals surface area (Å²) in [5.74, 6) is 2.30. The molecule has 3 fully saturated rings. The minimum absolute atomic E-state index is 0.244. The zero-order valence-corrected chi connectivity index (χ0v) is 24.2. The molecule has 0 aliphatic heterocycles. The van der Waals surface area contributed by atoms with Crippen LogP contribution in [-0.4, -0.2) is 15.3 Å². The van der Waals surface area contributed by atoms with Crippen LogP contribution in [0.5, 0.6) is 17.2 Å². The Morgan fingerprint density at radius 3 is 1.57 bits per heavy atom. The predicted molar refractivity (Wildman–Crippen MR) is 163 cm³/mol. The molecular formula is C37H46O3. The van der Waals surface area contributed by atoms with Crippen molar-refractivity contribution in [3.05, 3.63) is 88.0 Å². The molecule has 0 saturated heterocycles. The van der Waals surface area contributed by atoms with Gasteiger partial charge in [0.15, 0.2) is 0 Å². The van der Waals surface area contributed by atoms with E-state index < -0.39 is 0 Å². The Hall–Kier alpha value is -2.94. The number of aryl methyl sites for hydroxylation is 1. The molecule has 1 unspecified atom stereocenters. The Morgan fingerprint density at radius 1 is 0.550 bits per heavy atom. The molecule has 3 heteroatoms. The van der Waals surface area contributed by atoms with Gasteiger partial charge in [0.1, 0.15) is 17.2 Å². The Bertz CT molecular complexity index is 1260. The average molecular weight is 539 g/mol. The van der Waals surface area contributed by atoms with Crippen LogP contribution >= 0.6 is 0 Å². The summed E-state index contributed by atoms with van der Waals surface area (Å²) in [5.41, 5.74) is 6.75. The van der Waals surface area contributed by atoms with Gasteiger partial charge in [0.2, 0.25) is 0 Å². The van der Waals surface area contributed by atoms with Crippen molar-refractivity contribution in [1.29, 1.82) is 0 Å². The van der Waals surface area contributed by atoms with Gasteiger partial charge in [-0.2, -0.15) is 0 Å². The molecule has 3 aliphatic rings. The van der Waals surface area contributed by atoms with Gasteiger partial charge in [0.05, 0.1) is 0 Å². The van der Waals surface area contributed by atoms with Gasteiger partial charge in [-0.1, -0.05) is 87.8 Å². The first-order valence-electron chi connectivity index (χ1n) is 15.9. The van der Waals surface area contributed by atoms with Crippen molar-refractivity contribution in [3.8, 4) is 17.2 Å². The number of benzene rings is 3. The Kier molecular flexibility index (Phi) is 7.84. The monoisotopic (exact) mass is 538 g/mol. The fraction of sp³-hybridized carbons (Fsp3) is 0.514. The molecule has 3 aromatic carbocycles. The number of phenolic OH excluding ortho intramolecular Hbond substituents is 3. The summed E-state index contributed by atoms with van der Waals surface area (Å²) in [6, 6.07) is 19.1. The largest absolute Gasteiger partial charge is 0.508 e. The topological polar surface area (TPSA) is 60.7 Å². The first-order valence-corrected chi connectivity index (χ1v) is 15.9. The number of phenols is 3. The van der Waals surface area contributed by atoms with E-state index in [-0.39, 0.29) is 11.3 Å². The third-order valence-electron chi connectivity index (χ3n) is 10.7. The van der Waals surface area contributed by atoms with E-state index in [1.54, 1.807) is 0 Å². The van der Waals surface area contributed by atoms with Crippen LogP contribution in [-0.2, 0) is 5.41 Å². The van der Waals surface area contributed by atoms with Gasteiger partial charge in [0, 0.05) is 5.41 Å². The molecule has 3 saturated carbocycles. The number of hydrogen-bond acceptors (Lipinski definition) is 3. The minimum Gasteiger partial charge on any atom is -0.508 e. The highest BCUT2D eigenvalue weighted by Crippen LogP contribution is 2.55. The number of hydrogen-bond donors (Lipinski definition) is 3. The maximum Gasteiger partial charge on any atom is 0.119 e. The lowest BCUT2D eigenvalue weighted by atomic mass is 9.56. The molecule has 212 valence electrons. The Labute approximate surface area is 240 Å². The van der Waals surface area contributed by atoms with Crippen LogP contribution in [0.4, 0.5) is 0 Å². The highest BCUT2D eigenvalue weighted by Gasteiger charge is 2.45. The molecule has 3 nitrogen and oxygen atoms in total. The van der Waals surface area contributed by atoms with Crippen molar-refractivity contribution in [2.75, 3.05) is 0 Å². The Morgan fingerprint density at radius 2 is 1.05 bits per heavy atom. The summed E-state index contributed by atoms with van der Waals surface area (Å²) in [7, 11) is 0. The molecule has 3 aromatic rings. The van der Waals surface area contributed by atoms with Crippen LogP contribution in [0.3, 0.4) is 0 Å². The lowest BCUT2D eigenvalue weighted by Crippen LogP contribution is -2.38. The lowest BCUT2D eigenvalue weighted by Gasteiger charge is -2.46. The SMILES string of the molecule is Cc1cc(C2CCCCC2(c2ccc(O)c(C3CCCCC3)c2)c2ccc(O)c(C3CCCCC3)c2)ccc1O. The van der Waals surface area contributed by atoms with Gasteiger partial charge in [-0.25, -0.2) is 0 Å². The highest BCUT2D eigenvalue weighted by molar-refractivity contribution is 5.53. The maximum atomic E-state index is 11.1. The van der Waals surface area contributed by atoms with Crippen LogP contribution in [0, 0.1) is 6.92 Å². The fourth-order valence-electron chi connectivity index (χ4n) is 8.52. The van der Waals surface area contributed by atoms with Crippen molar-refractivity contribution in [3.63, 3.8) is 0 Å². The summed E-state index contributed by atoms with van der Waals surface area (Å²) in [6.07, 6.45) is 16.5. The van der Waals surface area contributed by atoms with Gasteiger partial charge < -0.3 is 15.3 Å². The van der Waals surface area contributed by atoms with E-state index in [9.17, 15) is 15.3 Å². The maximum absolute atomic E-state index is 11.1. The van der Waals surface area contributed by atoms with Crippen molar-refractivity contribution in [1.82, 2.24) is 0 Å². The fourth-order valence-corrected chi connectivity index (χ4v) is 8.52. The summed E-state index contributed by atoms with van der Waals surface area (Å²) >= 11 is 0. The van der Waals surface area contributed by atoms with E-state index in [4.69, 9.17) is 0 Å². The van der Waals surface area contributed by atoms with Crippen LogP contribution in [0.1, 0.15) is 141 Å². The van der Waals surface area contributed by atoms with E-state index >= 15 is 0 Å². The second kappa shape index (κ2) is 11.5. The van der Waals surface area contributed by atoms with E-state index in [0.29, 0.717) is 29.1 Å². The first kappa shape index (κ1) is 27.2. The molecule has 0 radical (unpaired) electrons. The molecule has 40 heavy (non-hydrogen) atoms. The van der Waals surface area contributed by atoms with Crippen molar-refractivity contribution in [2.24, 2.45) is 0 Å². The van der Waals surface area contributed by atoms with Crippen LogP contribution in [0.15, 0.2) is 54.6 Å². The normalized spacial score (nSPS) is 22.3. The molecule has 3 N–H and O–H groups in total. The molecule has 6 rings (SSSR count). The van der Waals surface area contributed by atoms with Crippen LogP contribution in [0.2, 0.25) is 0 Å². The van der Waals surface area contributed by atoms with Crippen molar-refractivity contribution >= 4 is 0 Å². The molecule has 0 amide bonds. The van der Waals surface area contributed by atoms with Gasteiger partial charge in [-0.15, -0.1) is 0 Å². The van der Waals surface area contributed by atoms with Crippen molar-refractivity contribution in [2.45, 2.75) is 120 Å². The van der Waals surface area contributed by atoms with E-state index in [1.807, 2.05) is 25.1 Å². The molecule has 0 heterocycles.